The summed E-state index contributed by atoms with van der Waals surface area (Å²) in [5.74, 6) is 0.180. The summed E-state index contributed by atoms with van der Waals surface area (Å²) in [5, 5.41) is 17.1. The first-order valence-electron chi connectivity index (χ1n) is 11.5. The molecule has 1 fully saturated rings. The van der Waals surface area contributed by atoms with Crippen molar-refractivity contribution in [2.45, 2.75) is 37.5 Å². The number of rotatable bonds is 6. The van der Waals surface area contributed by atoms with Crippen molar-refractivity contribution in [3.05, 3.63) is 52.6 Å². The number of nitrogens with zero attached hydrogens (tertiary/aromatic N) is 4. The third-order valence-electron chi connectivity index (χ3n) is 6.55. The van der Waals surface area contributed by atoms with Crippen LogP contribution in [0.25, 0.3) is 22.3 Å². The highest BCUT2D eigenvalue weighted by Crippen LogP contribution is 2.39. The van der Waals surface area contributed by atoms with Gasteiger partial charge in [0.05, 0.1) is 42.1 Å². The smallest absolute Gasteiger partial charge is 0.296 e. The van der Waals surface area contributed by atoms with Gasteiger partial charge >= 0.3 is 0 Å². The SMILES string of the molecule is Cn1cc(-c2cc(F)c3c(c2)CCC3Nc2nc3nc(O[C@@H]4CO[C@H](CO)C4)[nH]c3cc2Cl)cn1. The van der Waals surface area contributed by atoms with Crippen LogP contribution in [0, 0.1) is 5.82 Å². The molecule has 0 radical (unpaired) electrons. The van der Waals surface area contributed by atoms with Gasteiger partial charge in [0.25, 0.3) is 6.01 Å². The molecule has 2 aliphatic rings. The molecule has 11 heteroatoms. The lowest BCUT2D eigenvalue weighted by molar-refractivity contribution is 0.0528. The zero-order valence-electron chi connectivity index (χ0n) is 19.0. The Morgan fingerprint density at radius 3 is 2.97 bits per heavy atom. The van der Waals surface area contributed by atoms with Crippen molar-refractivity contribution < 1.29 is 19.0 Å². The van der Waals surface area contributed by atoms with Crippen molar-refractivity contribution in [1.29, 1.82) is 0 Å². The molecular weight excluding hydrogens is 475 g/mol. The lowest BCUT2D eigenvalue weighted by Crippen LogP contribution is -2.17. The molecule has 0 amide bonds. The Labute approximate surface area is 205 Å². The quantitative estimate of drug-likeness (QED) is 0.371. The van der Waals surface area contributed by atoms with E-state index in [-0.39, 0.29) is 30.7 Å². The Morgan fingerprint density at radius 1 is 1.31 bits per heavy atom. The van der Waals surface area contributed by atoms with Crippen molar-refractivity contribution >= 4 is 28.6 Å². The second kappa shape index (κ2) is 8.78. The van der Waals surface area contributed by atoms with E-state index in [0.717, 1.165) is 29.5 Å². The van der Waals surface area contributed by atoms with E-state index in [9.17, 15) is 5.11 Å². The van der Waals surface area contributed by atoms with Gasteiger partial charge < -0.3 is 24.9 Å². The number of nitrogens with one attached hydrogen (secondary N) is 2. The van der Waals surface area contributed by atoms with Gasteiger partial charge in [0, 0.05) is 30.8 Å². The third kappa shape index (κ3) is 4.22. The number of aliphatic hydroxyl groups is 1. The first kappa shape index (κ1) is 22.3. The molecule has 6 rings (SSSR count). The highest BCUT2D eigenvalue weighted by molar-refractivity contribution is 6.33. The number of benzene rings is 1. The highest BCUT2D eigenvalue weighted by Gasteiger charge is 2.29. The minimum atomic E-state index is -0.260. The first-order chi connectivity index (χ1) is 17.0. The van der Waals surface area contributed by atoms with Gasteiger partial charge in [-0.25, -0.2) is 9.37 Å². The van der Waals surface area contributed by atoms with Crippen LogP contribution in [-0.2, 0) is 18.2 Å². The van der Waals surface area contributed by atoms with E-state index in [4.69, 9.17) is 21.1 Å². The van der Waals surface area contributed by atoms with E-state index >= 15 is 4.39 Å². The summed E-state index contributed by atoms with van der Waals surface area (Å²) >= 11 is 6.51. The number of aryl methyl sites for hydroxylation is 2. The number of hydrogen-bond donors (Lipinski definition) is 3. The Balaban J connectivity index is 1.23. The van der Waals surface area contributed by atoms with Crippen LogP contribution < -0.4 is 10.1 Å². The maximum absolute atomic E-state index is 15.2. The lowest BCUT2D eigenvalue weighted by atomic mass is 10.0. The van der Waals surface area contributed by atoms with Crippen molar-refractivity contribution in [2.24, 2.45) is 7.05 Å². The second-order valence-electron chi connectivity index (χ2n) is 9.01. The number of hydrogen-bond acceptors (Lipinski definition) is 7. The predicted octanol–water partition coefficient (Wildman–Crippen LogP) is 3.78. The summed E-state index contributed by atoms with van der Waals surface area (Å²) in [5.41, 5.74) is 4.38. The van der Waals surface area contributed by atoms with Crippen molar-refractivity contribution in [2.75, 3.05) is 18.5 Å². The molecule has 35 heavy (non-hydrogen) atoms. The number of ether oxygens (including phenoxy) is 2. The van der Waals surface area contributed by atoms with Crippen LogP contribution in [0.15, 0.2) is 30.6 Å². The average Bonchev–Trinajstić information content (AvgIpc) is 3.61. The van der Waals surface area contributed by atoms with Crippen LogP contribution in [-0.4, -0.2) is 55.3 Å². The summed E-state index contributed by atoms with van der Waals surface area (Å²) in [7, 11) is 1.84. The van der Waals surface area contributed by atoms with Crippen LogP contribution in [0.4, 0.5) is 10.2 Å². The summed E-state index contributed by atoms with van der Waals surface area (Å²) in [6.45, 7) is 0.347. The van der Waals surface area contributed by atoms with Gasteiger partial charge in [0.1, 0.15) is 17.7 Å². The van der Waals surface area contributed by atoms with Gasteiger partial charge in [-0.1, -0.05) is 17.7 Å². The summed E-state index contributed by atoms with van der Waals surface area (Å²) in [6.07, 6.45) is 5.24. The fraction of sp³-hybridized carbons (Fsp3) is 0.375. The minimum absolute atomic E-state index is 0.0398. The van der Waals surface area contributed by atoms with Crippen LogP contribution in [0.2, 0.25) is 5.02 Å². The highest BCUT2D eigenvalue weighted by atomic mass is 35.5. The van der Waals surface area contributed by atoms with E-state index in [1.807, 2.05) is 19.3 Å². The summed E-state index contributed by atoms with van der Waals surface area (Å²) in [6, 6.07) is 5.37. The number of H-pyrrole nitrogens is 1. The monoisotopic (exact) mass is 498 g/mol. The Morgan fingerprint density at radius 2 is 2.20 bits per heavy atom. The third-order valence-corrected chi connectivity index (χ3v) is 6.83. The summed E-state index contributed by atoms with van der Waals surface area (Å²) in [4.78, 5) is 12.1. The van der Waals surface area contributed by atoms with Gasteiger partial charge in [-0.2, -0.15) is 10.1 Å². The fourth-order valence-corrected chi connectivity index (χ4v) is 5.06. The van der Waals surface area contributed by atoms with Gasteiger partial charge in [0.15, 0.2) is 5.65 Å². The molecule has 0 spiro atoms. The van der Waals surface area contributed by atoms with Crippen LogP contribution in [0.5, 0.6) is 6.01 Å². The van der Waals surface area contributed by atoms with E-state index in [2.05, 4.69) is 25.4 Å². The summed E-state index contributed by atoms with van der Waals surface area (Å²) < 4.78 is 28.2. The Hall–Kier alpha value is -3.21. The minimum Gasteiger partial charge on any atom is -0.459 e. The zero-order chi connectivity index (χ0) is 24.1. The fourth-order valence-electron chi connectivity index (χ4n) is 4.86. The maximum atomic E-state index is 15.2. The predicted molar refractivity (Wildman–Crippen MR) is 128 cm³/mol. The number of halogens is 2. The van der Waals surface area contributed by atoms with Crippen molar-refractivity contribution in [1.82, 2.24) is 24.7 Å². The molecule has 1 aliphatic heterocycles. The number of pyridine rings is 1. The maximum Gasteiger partial charge on any atom is 0.296 e. The van der Waals surface area contributed by atoms with Crippen molar-refractivity contribution in [3.63, 3.8) is 0 Å². The van der Waals surface area contributed by atoms with Crippen LogP contribution in [0.1, 0.15) is 30.0 Å². The van der Waals surface area contributed by atoms with Crippen molar-refractivity contribution in [3.8, 4) is 17.1 Å². The molecule has 0 bridgehead atoms. The lowest BCUT2D eigenvalue weighted by Gasteiger charge is -2.17. The first-order valence-corrected chi connectivity index (χ1v) is 11.9. The number of imidazole rings is 1. The Bertz CT molecular complexity index is 1410. The van der Waals surface area contributed by atoms with E-state index in [1.54, 1.807) is 23.0 Å². The van der Waals surface area contributed by atoms with E-state index in [1.165, 1.54) is 0 Å². The average molecular weight is 499 g/mol. The molecule has 182 valence electrons. The molecule has 3 N–H and O–H groups in total. The molecule has 9 nitrogen and oxygen atoms in total. The number of aromatic nitrogens is 5. The largest absolute Gasteiger partial charge is 0.459 e. The standard InChI is InChI=1S/C24H24ClFN6O3/c1-32-9-14(8-27-32)13-4-12-2-3-19(21(12)18(26)5-13)28-22-17(25)7-20-23(30-22)31-24(29-20)35-16-6-15(10-33)34-11-16/h4-5,7-9,15-16,19,33H,2-3,6,10-11H2,1H3,(H2,28,29,30,31)/t15-,16-,19?/m0/s1. The number of aromatic amines is 1. The van der Waals surface area contributed by atoms with E-state index in [0.29, 0.717) is 46.6 Å². The molecular formula is C24H24ClFN6O3. The molecule has 1 unspecified atom stereocenters. The number of anilines is 1. The van der Waals surface area contributed by atoms with Crippen LogP contribution >= 0.6 is 11.6 Å². The van der Waals surface area contributed by atoms with Crippen LogP contribution in [0.3, 0.4) is 0 Å². The van der Waals surface area contributed by atoms with Gasteiger partial charge in [-0.15, -0.1) is 0 Å². The molecule has 4 heterocycles. The normalized spacial score (nSPS) is 21.5. The molecule has 0 saturated carbocycles. The number of aliphatic hydroxyl groups excluding tert-OH is 1. The molecule has 4 aromatic rings. The molecule has 1 aromatic carbocycles. The Kier molecular flexibility index (Phi) is 5.58. The second-order valence-corrected chi connectivity index (χ2v) is 9.42. The molecule has 1 aliphatic carbocycles. The molecule has 3 aromatic heterocycles. The topological polar surface area (TPSA) is 110 Å². The zero-order valence-corrected chi connectivity index (χ0v) is 19.7. The number of fused-ring (bicyclic) bond motifs is 2. The van der Waals surface area contributed by atoms with E-state index < -0.39 is 0 Å². The molecule has 3 atom stereocenters. The van der Waals surface area contributed by atoms with Gasteiger partial charge in [0.2, 0.25) is 0 Å². The molecule has 1 saturated heterocycles. The van der Waals surface area contributed by atoms with Gasteiger partial charge in [-0.3, -0.25) is 4.68 Å². The van der Waals surface area contributed by atoms with Gasteiger partial charge in [-0.05, 0) is 36.1 Å².